The minimum Gasteiger partial charge on any atom is -0.508 e. The molecule has 3 N–H and O–H groups in total. The van der Waals surface area contributed by atoms with Crippen molar-refractivity contribution >= 4 is 27.5 Å². The molecule has 1 saturated heterocycles. The fourth-order valence-corrected chi connectivity index (χ4v) is 3.98. The Labute approximate surface area is 168 Å². The monoisotopic (exact) mass is 419 g/mol. The maximum Gasteiger partial charge on any atom is 0.255 e. The van der Waals surface area contributed by atoms with Gasteiger partial charge in [-0.15, -0.1) is 0 Å². The van der Waals surface area contributed by atoms with Crippen molar-refractivity contribution in [1.29, 1.82) is 0 Å². The lowest BCUT2D eigenvalue weighted by Gasteiger charge is -2.27. The van der Waals surface area contributed by atoms with E-state index in [-0.39, 0.29) is 16.2 Å². The summed E-state index contributed by atoms with van der Waals surface area (Å²) in [4.78, 5) is 26.2. The minimum atomic E-state index is -4.10. The number of benzene rings is 2. The third kappa shape index (κ3) is 5.31. The summed E-state index contributed by atoms with van der Waals surface area (Å²) in [5, 5.41) is 11.8. The Morgan fingerprint density at radius 1 is 1.03 bits per heavy atom. The van der Waals surface area contributed by atoms with Gasteiger partial charge in [-0.25, -0.2) is 13.1 Å². The quantitative estimate of drug-likeness (QED) is 0.595. The normalized spacial score (nSPS) is 14.4. The van der Waals surface area contributed by atoms with E-state index in [4.69, 9.17) is 4.74 Å². The highest BCUT2D eigenvalue weighted by Gasteiger charge is 2.26. The Balaban J connectivity index is 1.69. The van der Waals surface area contributed by atoms with Crippen LogP contribution in [0.4, 0.5) is 5.69 Å². The Bertz CT molecular complexity index is 985. The molecule has 3 rings (SSSR count). The summed E-state index contributed by atoms with van der Waals surface area (Å²) in [6.07, 6.45) is 0. The van der Waals surface area contributed by atoms with E-state index in [0.29, 0.717) is 32.0 Å². The average Bonchev–Trinajstić information content (AvgIpc) is 2.74. The molecule has 1 fully saturated rings. The molecule has 2 amide bonds. The van der Waals surface area contributed by atoms with Crippen LogP contribution >= 0.6 is 0 Å². The van der Waals surface area contributed by atoms with Crippen molar-refractivity contribution in [2.24, 2.45) is 0 Å². The van der Waals surface area contributed by atoms with Gasteiger partial charge in [0, 0.05) is 18.8 Å². The zero-order chi connectivity index (χ0) is 20.9. The lowest BCUT2D eigenvalue weighted by atomic mass is 10.2. The summed E-state index contributed by atoms with van der Waals surface area (Å²) < 4.78 is 32.9. The number of hydrogen-bond donors (Lipinski definition) is 3. The first-order chi connectivity index (χ1) is 13.9. The van der Waals surface area contributed by atoms with Crippen LogP contribution in [0.3, 0.4) is 0 Å². The van der Waals surface area contributed by atoms with Gasteiger partial charge in [0.15, 0.2) is 0 Å². The summed E-state index contributed by atoms with van der Waals surface area (Å²) in [5.74, 6) is -0.940. The summed E-state index contributed by atoms with van der Waals surface area (Å²) >= 11 is 0. The highest BCUT2D eigenvalue weighted by Crippen LogP contribution is 2.18. The van der Waals surface area contributed by atoms with Gasteiger partial charge in [-0.1, -0.05) is 12.1 Å². The van der Waals surface area contributed by atoms with Gasteiger partial charge in [0.1, 0.15) is 5.75 Å². The van der Waals surface area contributed by atoms with E-state index in [9.17, 15) is 23.1 Å². The van der Waals surface area contributed by atoms with Gasteiger partial charge in [-0.3, -0.25) is 9.59 Å². The number of ether oxygens (including phenoxy) is 1. The molecule has 9 nitrogen and oxygen atoms in total. The van der Waals surface area contributed by atoms with Crippen LogP contribution in [0.15, 0.2) is 53.4 Å². The summed E-state index contributed by atoms with van der Waals surface area (Å²) in [5.41, 5.74) is 0.454. The summed E-state index contributed by atoms with van der Waals surface area (Å²) in [6, 6.07) is 11.6. The first-order valence-electron chi connectivity index (χ1n) is 8.91. The molecule has 2 aromatic carbocycles. The highest BCUT2D eigenvalue weighted by molar-refractivity contribution is 7.89. The van der Waals surface area contributed by atoms with Crippen molar-refractivity contribution in [3.05, 3.63) is 54.1 Å². The van der Waals surface area contributed by atoms with Crippen LogP contribution in [0, 0.1) is 0 Å². The number of sulfonamides is 1. The molecule has 1 heterocycles. The smallest absolute Gasteiger partial charge is 0.255 e. The van der Waals surface area contributed by atoms with Crippen LogP contribution in [-0.4, -0.2) is 63.1 Å². The molecule has 0 atom stereocenters. The maximum absolute atomic E-state index is 12.8. The largest absolute Gasteiger partial charge is 0.508 e. The van der Waals surface area contributed by atoms with E-state index in [1.165, 1.54) is 47.4 Å². The van der Waals surface area contributed by atoms with Gasteiger partial charge < -0.3 is 20.1 Å². The van der Waals surface area contributed by atoms with Crippen LogP contribution in [0.5, 0.6) is 5.75 Å². The number of nitrogens with one attached hydrogen (secondary N) is 2. The molecule has 0 radical (unpaired) electrons. The molecule has 10 heteroatoms. The number of phenols is 1. The average molecular weight is 419 g/mol. The standard InChI is InChI=1S/C19H21N3O6S/c23-15-7-5-14(6-8-15)21-18(24)13-20-29(26,27)17-4-2-1-3-16(17)19(25)22-9-11-28-12-10-22/h1-8,20,23H,9-13H2,(H,21,24). The molecule has 0 spiro atoms. The predicted octanol–water partition coefficient (Wildman–Crippen LogP) is 0.782. The molecule has 29 heavy (non-hydrogen) atoms. The molecule has 0 bridgehead atoms. The van der Waals surface area contributed by atoms with Gasteiger partial charge in [-0.05, 0) is 36.4 Å². The van der Waals surface area contributed by atoms with Crippen molar-refractivity contribution in [3.63, 3.8) is 0 Å². The van der Waals surface area contributed by atoms with Crippen LogP contribution in [0.25, 0.3) is 0 Å². The third-order valence-corrected chi connectivity index (χ3v) is 5.74. The minimum absolute atomic E-state index is 0.0424. The van der Waals surface area contributed by atoms with Gasteiger partial charge in [-0.2, -0.15) is 0 Å². The van der Waals surface area contributed by atoms with Gasteiger partial charge in [0.05, 0.1) is 30.2 Å². The van der Waals surface area contributed by atoms with Gasteiger partial charge in [0.2, 0.25) is 15.9 Å². The van der Waals surface area contributed by atoms with Crippen LogP contribution in [-0.2, 0) is 19.6 Å². The number of aromatic hydroxyl groups is 1. The molecule has 0 unspecified atom stereocenters. The lowest BCUT2D eigenvalue weighted by Crippen LogP contribution is -2.41. The Hall–Kier alpha value is -2.95. The number of hydrogen-bond acceptors (Lipinski definition) is 6. The number of rotatable bonds is 6. The second-order valence-electron chi connectivity index (χ2n) is 6.32. The van der Waals surface area contributed by atoms with E-state index in [1.54, 1.807) is 6.07 Å². The van der Waals surface area contributed by atoms with Crippen molar-refractivity contribution in [2.75, 3.05) is 38.2 Å². The molecule has 2 aromatic rings. The number of nitrogens with zero attached hydrogens (tertiary/aromatic N) is 1. The summed E-state index contributed by atoms with van der Waals surface area (Å²) in [7, 11) is -4.10. The van der Waals surface area contributed by atoms with Gasteiger partial charge >= 0.3 is 0 Å². The zero-order valence-electron chi connectivity index (χ0n) is 15.5. The van der Waals surface area contributed by atoms with Crippen LogP contribution < -0.4 is 10.0 Å². The SMILES string of the molecule is O=C(CNS(=O)(=O)c1ccccc1C(=O)N1CCOCC1)Nc1ccc(O)cc1. The van der Waals surface area contributed by atoms with E-state index >= 15 is 0 Å². The fraction of sp³-hybridized carbons (Fsp3) is 0.263. The van der Waals surface area contributed by atoms with E-state index in [0.717, 1.165) is 0 Å². The van der Waals surface area contributed by atoms with Crippen LogP contribution in [0.2, 0.25) is 0 Å². The van der Waals surface area contributed by atoms with Crippen molar-refractivity contribution in [2.45, 2.75) is 4.90 Å². The Morgan fingerprint density at radius 2 is 1.69 bits per heavy atom. The molecule has 0 aromatic heterocycles. The lowest BCUT2D eigenvalue weighted by molar-refractivity contribution is -0.115. The molecular formula is C19H21N3O6S. The van der Waals surface area contributed by atoms with Crippen molar-refractivity contribution in [3.8, 4) is 5.75 Å². The van der Waals surface area contributed by atoms with E-state index in [2.05, 4.69) is 10.0 Å². The highest BCUT2D eigenvalue weighted by atomic mass is 32.2. The third-order valence-electron chi connectivity index (χ3n) is 4.28. The number of carbonyl (C=O) groups is 2. The zero-order valence-corrected chi connectivity index (χ0v) is 16.3. The maximum atomic E-state index is 12.8. The van der Waals surface area contributed by atoms with E-state index in [1.807, 2.05) is 0 Å². The Kier molecular flexibility index (Phi) is 6.47. The molecular weight excluding hydrogens is 398 g/mol. The second-order valence-corrected chi connectivity index (χ2v) is 8.06. The van der Waals surface area contributed by atoms with Crippen molar-refractivity contribution in [1.82, 2.24) is 9.62 Å². The Morgan fingerprint density at radius 3 is 2.38 bits per heavy atom. The number of anilines is 1. The summed E-state index contributed by atoms with van der Waals surface area (Å²) in [6.45, 7) is 1.06. The molecule has 0 aliphatic carbocycles. The predicted molar refractivity (Wildman–Crippen MR) is 105 cm³/mol. The van der Waals surface area contributed by atoms with Crippen LogP contribution in [0.1, 0.15) is 10.4 Å². The molecule has 154 valence electrons. The van der Waals surface area contributed by atoms with Crippen molar-refractivity contribution < 1.29 is 27.9 Å². The number of phenolic OH excluding ortho intramolecular Hbond substituents is 1. The number of morpholine rings is 1. The van der Waals surface area contributed by atoms with E-state index < -0.39 is 28.4 Å². The topological polar surface area (TPSA) is 125 Å². The fourth-order valence-electron chi connectivity index (χ4n) is 2.80. The second kappa shape index (κ2) is 9.03. The first-order valence-corrected chi connectivity index (χ1v) is 10.4. The molecule has 1 aliphatic heterocycles. The number of carbonyl (C=O) groups excluding carboxylic acids is 2. The van der Waals surface area contributed by atoms with Gasteiger partial charge in [0.25, 0.3) is 5.91 Å². The first kappa shape index (κ1) is 20.8. The number of amides is 2. The molecule has 1 aliphatic rings. The molecule has 0 saturated carbocycles.